The lowest BCUT2D eigenvalue weighted by atomic mass is 10.2. The van der Waals surface area contributed by atoms with Gasteiger partial charge >= 0.3 is 5.97 Å². The number of carbonyl (C=O) groups is 3. The van der Waals surface area contributed by atoms with Crippen molar-refractivity contribution in [3.05, 3.63) is 32.1 Å². The van der Waals surface area contributed by atoms with E-state index in [1.807, 2.05) is 0 Å². The number of phenolic OH excluding ortho intramolecular Hbond substituents is 1. The van der Waals surface area contributed by atoms with Gasteiger partial charge in [0.2, 0.25) is 0 Å². The van der Waals surface area contributed by atoms with E-state index < -0.39 is 23.7 Å². The highest BCUT2D eigenvalue weighted by molar-refractivity contribution is 9.10. The van der Waals surface area contributed by atoms with Gasteiger partial charge in [0, 0.05) is 10.6 Å². The average molecular weight is 421 g/mol. The SMILES string of the molecule is CCOC(=O)CN1C(=O)S/C(=C\c2cc(Cl)cc(Br)c2O)C1=O. The van der Waals surface area contributed by atoms with Crippen molar-refractivity contribution in [3.63, 3.8) is 0 Å². The largest absolute Gasteiger partial charge is 0.506 e. The maximum absolute atomic E-state index is 12.2. The number of imide groups is 1. The first kappa shape index (κ1) is 17.8. The minimum Gasteiger partial charge on any atom is -0.506 e. The van der Waals surface area contributed by atoms with E-state index in [4.69, 9.17) is 16.3 Å². The molecular formula is C14H11BrClNO5S. The lowest BCUT2D eigenvalue weighted by Gasteiger charge is -2.10. The molecule has 0 radical (unpaired) electrons. The first-order valence-electron chi connectivity index (χ1n) is 6.42. The number of carbonyl (C=O) groups excluding carboxylic acids is 3. The van der Waals surface area contributed by atoms with Crippen molar-refractivity contribution in [2.45, 2.75) is 6.92 Å². The molecule has 0 aromatic heterocycles. The van der Waals surface area contributed by atoms with Crippen LogP contribution in [0.5, 0.6) is 5.75 Å². The monoisotopic (exact) mass is 419 g/mol. The number of nitrogens with zero attached hydrogens (tertiary/aromatic N) is 1. The maximum atomic E-state index is 12.2. The van der Waals surface area contributed by atoms with Gasteiger partial charge in [-0.05, 0) is 52.8 Å². The van der Waals surface area contributed by atoms with Gasteiger partial charge in [0.05, 0.1) is 16.0 Å². The molecule has 2 rings (SSSR count). The van der Waals surface area contributed by atoms with Crippen molar-refractivity contribution in [1.82, 2.24) is 4.90 Å². The summed E-state index contributed by atoms with van der Waals surface area (Å²) in [6.07, 6.45) is 1.35. The first-order valence-corrected chi connectivity index (χ1v) is 8.41. The zero-order chi connectivity index (χ0) is 17.1. The maximum Gasteiger partial charge on any atom is 0.326 e. The van der Waals surface area contributed by atoms with Gasteiger partial charge in [0.25, 0.3) is 11.1 Å². The van der Waals surface area contributed by atoms with Crippen LogP contribution in [0.1, 0.15) is 12.5 Å². The Balaban J connectivity index is 2.27. The lowest BCUT2D eigenvalue weighted by Crippen LogP contribution is -2.34. The normalized spacial score (nSPS) is 16.3. The molecule has 1 aromatic rings. The van der Waals surface area contributed by atoms with Crippen molar-refractivity contribution in [3.8, 4) is 5.75 Å². The predicted molar refractivity (Wildman–Crippen MR) is 90.1 cm³/mol. The molecule has 1 N–H and O–H groups in total. The number of hydrogen-bond acceptors (Lipinski definition) is 6. The average Bonchev–Trinajstić information content (AvgIpc) is 2.72. The summed E-state index contributed by atoms with van der Waals surface area (Å²) in [7, 11) is 0. The molecule has 0 unspecified atom stereocenters. The summed E-state index contributed by atoms with van der Waals surface area (Å²) < 4.78 is 5.09. The fraction of sp³-hybridized carbons (Fsp3) is 0.214. The molecule has 2 amide bonds. The number of aromatic hydroxyl groups is 1. The fourth-order valence-electron chi connectivity index (χ4n) is 1.81. The van der Waals surface area contributed by atoms with Gasteiger partial charge in [-0.2, -0.15) is 0 Å². The number of ether oxygens (including phenoxy) is 1. The van der Waals surface area contributed by atoms with E-state index in [1.54, 1.807) is 6.92 Å². The highest BCUT2D eigenvalue weighted by atomic mass is 79.9. The van der Waals surface area contributed by atoms with Gasteiger partial charge in [0.1, 0.15) is 12.3 Å². The van der Waals surface area contributed by atoms with Gasteiger partial charge in [-0.15, -0.1) is 0 Å². The van der Waals surface area contributed by atoms with Crippen molar-refractivity contribution in [2.75, 3.05) is 13.2 Å². The molecule has 1 fully saturated rings. The van der Waals surface area contributed by atoms with Crippen LogP contribution in [0.2, 0.25) is 5.02 Å². The number of hydrogen-bond donors (Lipinski definition) is 1. The topological polar surface area (TPSA) is 83.9 Å². The zero-order valence-corrected chi connectivity index (χ0v) is 15.0. The molecular weight excluding hydrogens is 410 g/mol. The standard InChI is InChI=1S/C14H11BrClNO5S/c1-2-22-11(18)6-17-13(20)10(23-14(17)21)4-7-3-8(16)5-9(15)12(7)19/h3-5,19H,2,6H2,1H3/b10-4-. The summed E-state index contributed by atoms with van der Waals surface area (Å²) in [5.41, 5.74) is 0.283. The minimum atomic E-state index is -0.663. The van der Waals surface area contributed by atoms with Gasteiger partial charge < -0.3 is 9.84 Å². The third-order valence-electron chi connectivity index (χ3n) is 2.81. The van der Waals surface area contributed by atoms with Gasteiger partial charge in [-0.1, -0.05) is 11.6 Å². The highest BCUT2D eigenvalue weighted by Crippen LogP contribution is 2.37. The number of halogens is 2. The van der Waals surface area contributed by atoms with E-state index in [0.717, 1.165) is 4.90 Å². The van der Waals surface area contributed by atoms with Crippen LogP contribution in [-0.4, -0.2) is 40.3 Å². The molecule has 1 heterocycles. The second-order valence-electron chi connectivity index (χ2n) is 4.40. The van der Waals surface area contributed by atoms with Crippen molar-refractivity contribution in [2.24, 2.45) is 0 Å². The number of esters is 1. The Morgan fingerprint density at radius 1 is 1.48 bits per heavy atom. The molecule has 0 atom stereocenters. The number of benzene rings is 1. The van der Waals surface area contributed by atoms with Crippen molar-refractivity contribution >= 4 is 62.5 Å². The summed E-state index contributed by atoms with van der Waals surface area (Å²) in [4.78, 5) is 36.4. The van der Waals surface area contributed by atoms with Crippen LogP contribution in [0.3, 0.4) is 0 Å². The van der Waals surface area contributed by atoms with E-state index in [-0.39, 0.29) is 22.8 Å². The Morgan fingerprint density at radius 2 is 2.17 bits per heavy atom. The molecule has 1 aliphatic heterocycles. The molecule has 1 aliphatic rings. The van der Waals surface area contributed by atoms with Gasteiger partial charge in [-0.25, -0.2) is 0 Å². The summed E-state index contributed by atoms with van der Waals surface area (Å²) in [6.45, 7) is 1.35. The van der Waals surface area contributed by atoms with Crippen LogP contribution in [0.25, 0.3) is 6.08 Å². The minimum absolute atomic E-state index is 0.0868. The molecule has 0 aliphatic carbocycles. The Morgan fingerprint density at radius 3 is 2.83 bits per heavy atom. The van der Waals surface area contributed by atoms with Crippen LogP contribution in [-0.2, 0) is 14.3 Å². The van der Waals surface area contributed by atoms with Gasteiger partial charge in [0.15, 0.2) is 0 Å². The first-order chi connectivity index (χ1) is 10.8. The van der Waals surface area contributed by atoms with Crippen LogP contribution in [0.4, 0.5) is 4.79 Å². The number of amides is 2. The smallest absolute Gasteiger partial charge is 0.326 e. The number of thioether (sulfide) groups is 1. The Hall–Kier alpha value is -1.51. The third-order valence-corrected chi connectivity index (χ3v) is 4.54. The van der Waals surface area contributed by atoms with Crippen LogP contribution < -0.4 is 0 Å². The molecule has 122 valence electrons. The highest BCUT2D eigenvalue weighted by Gasteiger charge is 2.36. The number of phenols is 1. The molecule has 0 saturated carbocycles. The van der Waals surface area contributed by atoms with Crippen molar-refractivity contribution < 1.29 is 24.2 Å². The summed E-state index contributed by atoms with van der Waals surface area (Å²) in [5.74, 6) is -1.39. The fourth-order valence-corrected chi connectivity index (χ4v) is 3.47. The summed E-state index contributed by atoms with van der Waals surface area (Å²) in [5, 5.41) is 9.75. The Kier molecular flexibility index (Phi) is 5.72. The molecule has 6 nitrogen and oxygen atoms in total. The quantitative estimate of drug-likeness (QED) is 0.594. The Labute approximate surface area is 149 Å². The number of rotatable bonds is 4. The molecule has 0 bridgehead atoms. The molecule has 23 heavy (non-hydrogen) atoms. The Bertz CT molecular complexity index is 721. The van der Waals surface area contributed by atoms with E-state index >= 15 is 0 Å². The molecule has 0 spiro atoms. The van der Waals surface area contributed by atoms with E-state index in [2.05, 4.69) is 15.9 Å². The second-order valence-corrected chi connectivity index (χ2v) is 6.68. The summed E-state index contributed by atoms with van der Waals surface area (Å²) in [6, 6.07) is 2.96. The summed E-state index contributed by atoms with van der Waals surface area (Å²) >= 11 is 9.72. The van der Waals surface area contributed by atoms with Gasteiger partial charge in [-0.3, -0.25) is 19.3 Å². The second kappa shape index (κ2) is 7.37. The zero-order valence-electron chi connectivity index (χ0n) is 11.8. The van der Waals surface area contributed by atoms with Crippen LogP contribution in [0, 0.1) is 0 Å². The van der Waals surface area contributed by atoms with E-state index in [0.29, 0.717) is 21.3 Å². The van der Waals surface area contributed by atoms with E-state index in [9.17, 15) is 19.5 Å². The predicted octanol–water partition coefficient (Wildman–Crippen LogP) is 3.41. The molecule has 9 heteroatoms. The van der Waals surface area contributed by atoms with Crippen LogP contribution in [0.15, 0.2) is 21.5 Å². The molecule has 1 saturated heterocycles. The van der Waals surface area contributed by atoms with Crippen molar-refractivity contribution in [1.29, 1.82) is 0 Å². The van der Waals surface area contributed by atoms with Crippen LogP contribution >= 0.6 is 39.3 Å². The third kappa shape index (κ3) is 4.07. The molecule has 1 aromatic carbocycles. The lowest BCUT2D eigenvalue weighted by molar-refractivity contribution is -0.145. The van der Waals surface area contributed by atoms with E-state index in [1.165, 1.54) is 18.2 Å².